The molecule has 1 heterocycles. The third-order valence-electron chi connectivity index (χ3n) is 1.15. The summed E-state index contributed by atoms with van der Waals surface area (Å²) in [5.74, 6) is -1.04. The SMILES string of the molecule is N=C(N)NC(=O)C(N)c1nn[c]s1. The first-order chi connectivity index (χ1) is 6.11. The molecule has 0 aliphatic carbocycles. The fourth-order valence-corrected chi connectivity index (χ4v) is 1.10. The molecule has 7 nitrogen and oxygen atoms in total. The van der Waals surface area contributed by atoms with Crippen molar-refractivity contribution in [1.82, 2.24) is 15.5 Å². The van der Waals surface area contributed by atoms with Gasteiger partial charge in [-0.15, -0.1) is 10.2 Å². The Morgan fingerprint density at radius 2 is 2.46 bits per heavy atom. The molecule has 1 unspecified atom stereocenters. The van der Waals surface area contributed by atoms with E-state index in [1.54, 1.807) is 0 Å². The molecule has 13 heavy (non-hydrogen) atoms. The summed E-state index contributed by atoms with van der Waals surface area (Å²) in [7, 11) is 0. The summed E-state index contributed by atoms with van der Waals surface area (Å²) in [6, 6.07) is -0.951. The molecule has 1 aromatic rings. The third kappa shape index (κ3) is 2.46. The van der Waals surface area contributed by atoms with E-state index in [0.717, 1.165) is 11.3 Å². The van der Waals surface area contributed by atoms with Gasteiger partial charge >= 0.3 is 0 Å². The summed E-state index contributed by atoms with van der Waals surface area (Å²) in [6.07, 6.45) is 0. The largest absolute Gasteiger partial charge is 0.370 e. The van der Waals surface area contributed by atoms with Crippen LogP contribution in [0.2, 0.25) is 0 Å². The van der Waals surface area contributed by atoms with E-state index >= 15 is 0 Å². The zero-order chi connectivity index (χ0) is 9.84. The summed E-state index contributed by atoms with van der Waals surface area (Å²) in [4.78, 5) is 11.1. The number of guanidine groups is 1. The quantitative estimate of drug-likeness (QED) is 0.334. The molecule has 1 amide bonds. The second kappa shape index (κ2) is 3.92. The van der Waals surface area contributed by atoms with Crippen LogP contribution in [-0.4, -0.2) is 22.1 Å². The van der Waals surface area contributed by atoms with Gasteiger partial charge in [0, 0.05) is 0 Å². The lowest BCUT2D eigenvalue weighted by atomic mass is 10.3. The van der Waals surface area contributed by atoms with Crippen molar-refractivity contribution in [2.45, 2.75) is 6.04 Å². The predicted molar refractivity (Wildman–Crippen MR) is 45.7 cm³/mol. The Balaban J connectivity index is 2.63. The Hall–Kier alpha value is -1.54. The molecular formula is C5H7N6OS. The number of rotatable bonds is 2. The first-order valence-corrected chi connectivity index (χ1v) is 4.03. The van der Waals surface area contributed by atoms with Crippen LogP contribution in [0.25, 0.3) is 0 Å². The van der Waals surface area contributed by atoms with E-state index in [4.69, 9.17) is 16.9 Å². The highest BCUT2D eigenvalue weighted by atomic mass is 32.1. The van der Waals surface area contributed by atoms with E-state index in [2.05, 4.69) is 21.0 Å². The fourth-order valence-electron chi connectivity index (χ4n) is 0.606. The molecule has 1 atom stereocenters. The van der Waals surface area contributed by atoms with Crippen molar-refractivity contribution in [3.8, 4) is 0 Å². The van der Waals surface area contributed by atoms with Gasteiger partial charge in [0.05, 0.1) is 0 Å². The maximum atomic E-state index is 11.1. The van der Waals surface area contributed by atoms with Crippen molar-refractivity contribution >= 4 is 23.2 Å². The van der Waals surface area contributed by atoms with Crippen molar-refractivity contribution in [3.63, 3.8) is 0 Å². The highest BCUT2D eigenvalue weighted by Gasteiger charge is 2.19. The van der Waals surface area contributed by atoms with E-state index < -0.39 is 17.9 Å². The lowest BCUT2D eigenvalue weighted by molar-refractivity contribution is -0.121. The normalized spacial score (nSPS) is 12.1. The minimum atomic E-state index is -0.951. The van der Waals surface area contributed by atoms with Gasteiger partial charge in [0.25, 0.3) is 5.91 Å². The smallest absolute Gasteiger partial charge is 0.250 e. The Morgan fingerprint density at radius 3 is 2.92 bits per heavy atom. The average molecular weight is 199 g/mol. The predicted octanol–water partition coefficient (Wildman–Crippen LogP) is -1.65. The number of nitrogens with two attached hydrogens (primary N) is 2. The van der Waals surface area contributed by atoms with Crippen LogP contribution in [0.3, 0.4) is 0 Å². The van der Waals surface area contributed by atoms with Gasteiger partial charge in [-0.2, -0.15) is 0 Å². The maximum absolute atomic E-state index is 11.1. The third-order valence-corrected chi connectivity index (χ3v) is 1.86. The molecule has 0 aliphatic rings. The van der Waals surface area contributed by atoms with E-state index in [0.29, 0.717) is 5.01 Å². The number of nitrogens with zero attached hydrogens (tertiary/aromatic N) is 2. The number of aromatic nitrogens is 2. The first-order valence-electron chi connectivity index (χ1n) is 3.21. The molecule has 1 rings (SSSR count). The molecule has 0 aliphatic heterocycles. The topological polar surface area (TPSA) is 131 Å². The second-order valence-electron chi connectivity index (χ2n) is 2.11. The van der Waals surface area contributed by atoms with E-state index in [1.165, 1.54) is 0 Å². The molecule has 0 fully saturated rings. The minimum Gasteiger partial charge on any atom is -0.370 e. The number of nitrogens with one attached hydrogen (secondary N) is 2. The van der Waals surface area contributed by atoms with Gasteiger partial charge in [0.2, 0.25) is 0 Å². The standard InChI is InChI=1S/C5H7N6OS/c6-2(3(12)10-5(7)8)4-11-9-1-13-4/h2H,6H2,(H4,7,8,10,12). The van der Waals surface area contributed by atoms with Gasteiger partial charge in [0.15, 0.2) is 11.5 Å². The van der Waals surface area contributed by atoms with Crippen molar-refractivity contribution < 1.29 is 4.79 Å². The van der Waals surface area contributed by atoms with Gasteiger partial charge < -0.3 is 11.5 Å². The van der Waals surface area contributed by atoms with Gasteiger partial charge in [-0.1, -0.05) is 11.3 Å². The number of carbonyl (C=O) groups excluding carboxylic acids is 1. The Labute approximate surface area is 77.7 Å². The van der Waals surface area contributed by atoms with Crippen molar-refractivity contribution in [2.24, 2.45) is 11.5 Å². The molecule has 0 saturated carbocycles. The summed E-state index contributed by atoms with van der Waals surface area (Å²) in [5, 5.41) is 16.1. The molecule has 8 heteroatoms. The summed E-state index contributed by atoms with van der Waals surface area (Å²) >= 11 is 1.04. The Morgan fingerprint density at radius 1 is 1.77 bits per heavy atom. The molecule has 0 saturated heterocycles. The van der Waals surface area contributed by atoms with E-state index in [9.17, 15) is 4.79 Å². The van der Waals surface area contributed by atoms with E-state index in [-0.39, 0.29) is 0 Å². The second-order valence-corrected chi connectivity index (χ2v) is 2.92. The summed E-state index contributed by atoms with van der Waals surface area (Å²) < 4.78 is 0. The van der Waals surface area contributed by atoms with Crippen molar-refractivity contribution in [3.05, 3.63) is 10.5 Å². The Kier molecular flexibility index (Phi) is 2.88. The fraction of sp³-hybridized carbons (Fsp3) is 0.200. The van der Waals surface area contributed by atoms with Crippen molar-refractivity contribution in [1.29, 1.82) is 5.41 Å². The lowest BCUT2D eigenvalue weighted by Gasteiger charge is -2.06. The molecule has 0 spiro atoms. The van der Waals surface area contributed by atoms with Crippen LogP contribution in [0.5, 0.6) is 0 Å². The number of hydrogen-bond acceptors (Lipinski definition) is 6. The Bertz CT molecular complexity index is 309. The maximum Gasteiger partial charge on any atom is 0.250 e. The van der Waals surface area contributed by atoms with Crippen LogP contribution in [0, 0.1) is 10.9 Å². The first kappa shape index (κ1) is 9.55. The summed E-state index contributed by atoms with van der Waals surface area (Å²) in [6.45, 7) is 0. The zero-order valence-electron chi connectivity index (χ0n) is 6.44. The average Bonchev–Trinajstić information content (AvgIpc) is 2.53. The van der Waals surface area contributed by atoms with E-state index in [1.807, 2.05) is 0 Å². The molecule has 1 radical (unpaired) electrons. The van der Waals surface area contributed by atoms with Crippen LogP contribution >= 0.6 is 11.3 Å². The zero-order valence-corrected chi connectivity index (χ0v) is 7.26. The molecule has 0 aromatic carbocycles. The van der Waals surface area contributed by atoms with Crippen molar-refractivity contribution in [2.75, 3.05) is 0 Å². The molecule has 6 N–H and O–H groups in total. The highest BCUT2D eigenvalue weighted by Crippen LogP contribution is 2.10. The number of carbonyl (C=O) groups is 1. The lowest BCUT2D eigenvalue weighted by Crippen LogP contribution is -2.41. The highest BCUT2D eigenvalue weighted by molar-refractivity contribution is 7.09. The van der Waals surface area contributed by atoms with Crippen LogP contribution in [0.15, 0.2) is 0 Å². The van der Waals surface area contributed by atoms with Crippen LogP contribution in [0.1, 0.15) is 11.0 Å². The number of hydrogen-bond donors (Lipinski definition) is 4. The van der Waals surface area contributed by atoms with Crippen LogP contribution in [0.4, 0.5) is 0 Å². The van der Waals surface area contributed by atoms with Crippen LogP contribution in [-0.2, 0) is 4.79 Å². The minimum absolute atomic E-state index is 0.332. The molecular weight excluding hydrogens is 192 g/mol. The van der Waals surface area contributed by atoms with Gasteiger partial charge in [-0.05, 0) is 0 Å². The molecule has 0 bridgehead atoms. The number of amides is 1. The van der Waals surface area contributed by atoms with Gasteiger partial charge in [-0.3, -0.25) is 15.5 Å². The monoisotopic (exact) mass is 199 g/mol. The van der Waals surface area contributed by atoms with Crippen LogP contribution < -0.4 is 16.8 Å². The summed E-state index contributed by atoms with van der Waals surface area (Å²) in [5.41, 5.74) is 12.8. The van der Waals surface area contributed by atoms with Gasteiger partial charge in [-0.25, -0.2) is 0 Å². The molecule has 1 aromatic heterocycles. The molecule has 69 valence electrons. The van der Waals surface area contributed by atoms with Gasteiger partial charge in [0.1, 0.15) is 11.0 Å².